The van der Waals surface area contributed by atoms with Crippen molar-refractivity contribution < 1.29 is 22.7 Å². The molecule has 2 aromatic carbocycles. The Labute approximate surface area is 132 Å². The molecule has 1 amide bonds. The molecule has 7 heteroatoms. The Morgan fingerprint density at radius 1 is 1.10 bits per heavy atom. The van der Waals surface area contributed by atoms with E-state index in [-0.39, 0.29) is 11.4 Å². The number of nitrogens with one attached hydrogen (secondary N) is 1. The van der Waals surface area contributed by atoms with E-state index in [1.165, 1.54) is 12.1 Å². The number of amides is 1. The lowest BCUT2D eigenvalue weighted by Gasteiger charge is -2.10. The second kappa shape index (κ2) is 6.33. The molecule has 0 spiro atoms. The zero-order valence-electron chi connectivity index (χ0n) is 10.4. The Hall–Kier alpha value is -1.77. The van der Waals surface area contributed by atoms with Crippen molar-refractivity contribution in [3.8, 4) is 5.75 Å². The first-order valence-electron chi connectivity index (χ1n) is 5.76. The van der Waals surface area contributed by atoms with Gasteiger partial charge in [0.2, 0.25) is 0 Å². The van der Waals surface area contributed by atoms with Crippen molar-refractivity contribution in [2.75, 3.05) is 5.32 Å². The van der Waals surface area contributed by atoms with Gasteiger partial charge in [-0.2, -0.15) is 0 Å². The van der Waals surface area contributed by atoms with E-state index in [1.807, 2.05) is 6.07 Å². The zero-order chi connectivity index (χ0) is 15.5. The van der Waals surface area contributed by atoms with Crippen LogP contribution in [0.5, 0.6) is 5.75 Å². The van der Waals surface area contributed by atoms with Crippen molar-refractivity contribution in [2.45, 2.75) is 6.36 Å². The van der Waals surface area contributed by atoms with E-state index in [1.54, 1.807) is 18.2 Å². The molecule has 2 rings (SSSR count). The molecule has 0 radical (unpaired) electrons. The largest absolute Gasteiger partial charge is 0.573 e. The van der Waals surface area contributed by atoms with Gasteiger partial charge in [0.25, 0.3) is 5.91 Å². The number of anilines is 1. The van der Waals surface area contributed by atoms with E-state index < -0.39 is 12.3 Å². The molecular formula is C14H9F3INO2. The number of rotatable bonds is 3. The minimum Gasteiger partial charge on any atom is -0.406 e. The van der Waals surface area contributed by atoms with Crippen LogP contribution in [-0.4, -0.2) is 12.3 Å². The Balaban J connectivity index is 2.13. The van der Waals surface area contributed by atoms with Crippen LogP contribution >= 0.6 is 22.6 Å². The summed E-state index contributed by atoms with van der Waals surface area (Å²) in [4.78, 5) is 12.0. The normalized spacial score (nSPS) is 11.0. The van der Waals surface area contributed by atoms with Crippen molar-refractivity contribution in [3.05, 3.63) is 57.7 Å². The third-order valence-corrected chi connectivity index (χ3v) is 3.08. The summed E-state index contributed by atoms with van der Waals surface area (Å²) in [6, 6.07) is 12.0. The number of ether oxygens (including phenoxy) is 1. The predicted molar refractivity (Wildman–Crippen MR) is 80.2 cm³/mol. The van der Waals surface area contributed by atoms with E-state index in [4.69, 9.17) is 0 Å². The van der Waals surface area contributed by atoms with Gasteiger partial charge in [0.15, 0.2) is 0 Å². The molecule has 0 fully saturated rings. The molecule has 0 aliphatic rings. The molecule has 0 atom stereocenters. The Morgan fingerprint density at radius 3 is 2.48 bits per heavy atom. The van der Waals surface area contributed by atoms with Crippen LogP contribution < -0.4 is 10.1 Å². The Bertz CT molecular complexity index is 659. The molecule has 0 aliphatic heterocycles. The van der Waals surface area contributed by atoms with Gasteiger partial charge in [-0.25, -0.2) is 0 Å². The summed E-state index contributed by atoms with van der Waals surface area (Å²) >= 11 is 2.06. The Kier molecular flexibility index (Phi) is 4.71. The molecular weight excluding hydrogens is 398 g/mol. The van der Waals surface area contributed by atoms with Crippen LogP contribution in [0.15, 0.2) is 48.5 Å². The third-order valence-electron chi connectivity index (χ3n) is 2.41. The van der Waals surface area contributed by atoms with E-state index in [9.17, 15) is 18.0 Å². The first kappa shape index (κ1) is 15.6. The molecule has 3 nitrogen and oxygen atoms in total. The molecule has 2 aromatic rings. The summed E-state index contributed by atoms with van der Waals surface area (Å²) < 4.78 is 41.1. The van der Waals surface area contributed by atoms with Gasteiger partial charge in [-0.05, 0) is 52.9 Å². The number of carbonyl (C=O) groups is 1. The van der Waals surface area contributed by atoms with Crippen LogP contribution in [0.3, 0.4) is 0 Å². The molecule has 0 aromatic heterocycles. The highest BCUT2D eigenvalue weighted by Crippen LogP contribution is 2.25. The molecule has 0 aliphatic carbocycles. The predicted octanol–water partition coefficient (Wildman–Crippen LogP) is 4.44. The maximum absolute atomic E-state index is 12.1. The van der Waals surface area contributed by atoms with Gasteiger partial charge in [0, 0.05) is 20.9 Å². The topological polar surface area (TPSA) is 38.3 Å². The van der Waals surface area contributed by atoms with Crippen LogP contribution in [0.25, 0.3) is 0 Å². The number of hydrogen-bond acceptors (Lipinski definition) is 2. The summed E-state index contributed by atoms with van der Waals surface area (Å²) in [7, 11) is 0. The minimum absolute atomic E-state index is 0.223. The highest BCUT2D eigenvalue weighted by molar-refractivity contribution is 14.1. The fourth-order valence-electron chi connectivity index (χ4n) is 1.60. The number of alkyl halides is 3. The van der Waals surface area contributed by atoms with Gasteiger partial charge >= 0.3 is 6.36 Å². The second-order valence-corrected chi connectivity index (χ2v) is 5.29. The fourth-order valence-corrected chi connectivity index (χ4v) is 2.15. The zero-order valence-corrected chi connectivity index (χ0v) is 12.6. The van der Waals surface area contributed by atoms with Gasteiger partial charge in [-0.1, -0.05) is 12.1 Å². The molecule has 21 heavy (non-hydrogen) atoms. The number of benzene rings is 2. The standard InChI is InChI=1S/C14H9F3INO2/c15-14(16,17)21-12-6-2-5-11(8-12)19-13(20)9-3-1-4-10(18)7-9/h1-8H,(H,19,20). The highest BCUT2D eigenvalue weighted by Gasteiger charge is 2.31. The molecule has 0 bridgehead atoms. The molecule has 110 valence electrons. The summed E-state index contributed by atoms with van der Waals surface area (Å²) in [6.45, 7) is 0. The second-order valence-electron chi connectivity index (χ2n) is 4.04. The highest BCUT2D eigenvalue weighted by atomic mass is 127. The maximum atomic E-state index is 12.1. The lowest BCUT2D eigenvalue weighted by molar-refractivity contribution is -0.274. The van der Waals surface area contributed by atoms with Crippen molar-refractivity contribution in [1.29, 1.82) is 0 Å². The minimum atomic E-state index is -4.77. The van der Waals surface area contributed by atoms with E-state index in [2.05, 4.69) is 32.6 Å². The van der Waals surface area contributed by atoms with Crippen molar-refractivity contribution in [3.63, 3.8) is 0 Å². The van der Waals surface area contributed by atoms with E-state index in [0.29, 0.717) is 5.56 Å². The summed E-state index contributed by atoms with van der Waals surface area (Å²) in [6.07, 6.45) is -4.77. The average Bonchev–Trinajstić information content (AvgIpc) is 2.37. The van der Waals surface area contributed by atoms with Gasteiger partial charge < -0.3 is 10.1 Å². The number of halogens is 4. The number of carbonyl (C=O) groups excluding carboxylic acids is 1. The maximum Gasteiger partial charge on any atom is 0.573 e. The molecule has 1 N–H and O–H groups in total. The van der Waals surface area contributed by atoms with Crippen LogP contribution in [-0.2, 0) is 0 Å². The third kappa shape index (κ3) is 4.92. The lowest BCUT2D eigenvalue weighted by atomic mass is 10.2. The summed E-state index contributed by atoms with van der Waals surface area (Å²) in [5.41, 5.74) is 0.643. The summed E-state index contributed by atoms with van der Waals surface area (Å²) in [5, 5.41) is 2.52. The van der Waals surface area contributed by atoms with Crippen LogP contribution in [0, 0.1) is 3.57 Å². The van der Waals surface area contributed by atoms with Gasteiger partial charge in [0.1, 0.15) is 5.75 Å². The van der Waals surface area contributed by atoms with Crippen molar-refractivity contribution in [1.82, 2.24) is 0 Å². The monoisotopic (exact) mass is 407 g/mol. The SMILES string of the molecule is O=C(Nc1cccc(OC(F)(F)F)c1)c1cccc(I)c1. The first-order chi connectivity index (χ1) is 9.83. The fraction of sp³-hybridized carbons (Fsp3) is 0.0714. The first-order valence-corrected chi connectivity index (χ1v) is 6.84. The Morgan fingerprint density at radius 2 is 1.81 bits per heavy atom. The lowest BCUT2D eigenvalue weighted by Crippen LogP contribution is -2.17. The number of hydrogen-bond donors (Lipinski definition) is 1. The molecule has 0 heterocycles. The van der Waals surface area contributed by atoms with Crippen molar-refractivity contribution >= 4 is 34.2 Å². The van der Waals surface area contributed by atoms with Crippen LogP contribution in [0.2, 0.25) is 0 Å². The molecule has 0 saturated carbocycles. The van der Waals surface area contributed by atoms with Gasteiger partial charge in [-0.3, -0.25) is 4.79 Å². The van der Waals surface area contributed by atoms with Crippen LogP contribution in [0.4, 0.5) is 18.9 Å². The quantitative estimate of drug-likeness (QED) is 0.765. The van der Waals surface area contributed by atoms with Gasteiger partial charge in [-0.15, -0.1) is 13.2 Å². The molecule has 0 unspecified atom stereocenters. The van der Waals surface area contributed by atoms with Crippen LogP contribution in [0.1, 0.15) is 10.4 Å². The smallest absolute Gasteiger partial charge is 0.406 e. The van der Waals surface area contributed by atoms with E-state index in [0.717, 1.165) is 15.7 Å². The van der Waals surface area contributed by atoms with E-state index >= 15 is 0 Å². The van der Waals surface area contributed by atoms with Crippen molar-refractivity contribution in [2.24, 2.45) is 0 Å². The molecule has 0 saturated heterocycles. The summed E-state index contributed by atoms with van der Waals surface area (Å²) in [5.74, 6) is -0.791. The average molecular weight is 407 g/mol. The van der Waals surface area contributed by atoms with Gasteiger partial charge in [0.05, 0.1) is 0 Å².